The van der Waals surface area contributed by atoms with E-state index < -0.39 is 0 Å². The van der Waals surface area contributed by atoms with E-state index in [1.165, 1.54) is 0 Å². The average Bonchev–Trinajstić information content (AvgIpc) is 2.55. The number of hydrogen-bond acceptors (Lipinski definition) is 2. The van der Waals surface area contributed by atoms with Crippen molar-refractivity contribution in [2.45, 2.75) is 19.9 Å². The smallest absolute Gasteiger partial charge is 0.279 e. The lowest BCUT2D eigenvalue weighted by Crippen LogP contribution is -2.86. The highest BCUT2D eigenvalue weighted by Crippen LogP contribution is 2.23. The summed E-state index contributed by atoms with van der Waals surface area (Å²) in [6.45, 7) is 4.82. The normalized spacial score (nSPS) is 11.8. The first-order valence-corrected chi connectivity index (χ1v) is 8.09. The lowest BCUT2D eigenvalue weighted by Gasteiger charge is -2.14. The van der Waals surface area contributed by atoms with Crippen LogP contribution in [0.2, 0.25) is 5.02 Å². The Hall–Kier alpha value is -2.04. The second kappa shape index (κ2) is 8.56. The van der Waals surface area contributed by atoms with Crippen molar-refractivity contribution < 1.29 is 14.8 Å². The van der Waals surface area contributed by atoms with E-state index in [0.29, 0.717) is 24.6 Å². The molecule has 0 spiro atoms. The van der Waals surface area contributed by atoms with Gasteiger partial charge in [0.15, 0.2) is 6.54 Å². The summed E-state index contributed by atoms with van der Waals surface area (Å²) in [5.74, 6) is 0.610. The Labute approximate surface area is 141 Å². The summed E-state index contributed by atoms with van der Waals surface area (Å²) in [6, 6.07) is 15.2. The maximum absolute atomic E-state index is 12.2. The van der Waals surface area contributed by atoms with E-state index in [1.807, 2.05) is 67.7 Å². The van der Waals surface area contributed by atoms with Crippen molar-refractivity contribution in [1.29, 1.82) is 0 Å². The van der Waals surface area contributed by atoms with Gasteiger partial charge in [0.05, 0.1) is 12.3 Å². The van der Waals surface area contributed by atoms with Crippen molar-refractivity contribution in [1.82, 2.24) is 0 Å². The van der Waals surface area contributed by atoms with Crippen molar-refractivity contribution in [3.05, 3.63) is 59.1 Å². The number of rotatable bonds is 7. The zero-order valence-electron chi connectivity index (χ0n) is 13.4. The van der Waals surface area contributed by atoms with Gasteiger partial charge < -0.3 is 15.4 Å². The van der Waals surface area contributed by atoms with Gasteiger partial charge >= 0.3 is 0 Å². The fourth-order valence-corrected chi connectivity index (χ4v) is 2.62. The Balaban J connectivity index is 1.92. The first-order valence-electron chi connectivity index (χ1n) is 7.71. The number of benzene rings is 2. The molecule has 0 heterocycles. The molecule has 122 valence electrons. The Morgan fingerprint density at radius 2 is 1.91 bits per heavy atom. The second-order valence-corrected chi connectivity index (χ2v) is 5.63. The van der Waals surface area contributed by atoms with E-state index in [1.54, 1.807) is 0 Å². The quantitative estimate of drug-likeness (QED) is 0.818. The predicted molar refractivity (Wildman–Crippen MR) is 92.9 cm³/mol. The number of amides is 1. The molecule has 0 aliphatic carbocycles. The number of para-hydroxylation sites is 2. The molecule has 4 nitrogen and oxygen atoms in total. The van der Waals surface area contributed by atoms with Crippen LogP contribution in [0.15, 0.2) is 48.5 Å². The van der Waals surface area contributed by atoms with Crippen LogP contribution in [0.5, 0.6) is 5.75 Å². The molecule has 2 aromatic carbocycles. The molecule has 0 saturated heterocycles. The number of quaternary nitrogens is 1. The van der Waals surface area contributed by atoms with Crippen molar-refractivity contribution >= 4 is 23.2 Å². The lowest BCUT2D eigenvalue weighted by molar-refractivity contribution is -0.682. The molecule has 23 heavy (non-hydrogen) atoms. The molecule has 3 N–H and O–H groups in total. The van der Waals surface area contributed by atoms with E-state index in [2.05, 4.69) is 5.32 Å². The van der Waals surface area contributed by atoms with Gasteiger partial charge in [-0.05, 0) is 32.0 Å². The number of anilines is 1. The number of ether oxygens (including phenoxy) is 1. The SMILES string of the molecule is CCOc1ccccc1NC(=O)C[NH2+][C@H](C)c1ccccc1Cl. The molecular weight excluding hydrogens is 312 g/mol. The molecule has 0 saturated carbocycles. The predicted octanol–water partition coefficient (Wildman–Crippen LogP) is 3.00. The third-order valence-corrected chi connectivity index (χ3v) is 3.86. The minimum absolute atomic E-state index is 0.0731. The zero-order valence-corrected chi connectivity index (χ0v) is 14.1. The van der Waals surface area contributed by atoms with Gasteiger partial charge in [-0.1, -0.05) is 41.9 Å². The summed E-state index contributed by atoms with van der Waals surface area (Å²) < 4.78 is 5.51. The van der Waals surface area contributed by atoms with Crippen LogP contribution >= 0.6 is 11.6 Å². The van der Waals surface area contributed by atoms with Crippen LogP contribution in [-0.4, -0.2) is 19.1 Å². The maximum atomic E-state index is 12.2. The Morgan fingerprint density at radius 1 is 1.22 bits per heavy atom. The van der Waals surface area contributed by atoms with Crippen LogP contribution in [-0.2, 0) is 4.79 Å². The Kier molecular flexibility index (Phi) is 6.44. The number of carbonyl (C=O) groups is 1. The first-order chi connectivity index (χ1) is 11.1. The number of carbonyl (C=O) groups excluding carboxylic acids is 1. The molecule has 0 aliphatic rings. The summed E-state index contributed by atoms with van der Waals surface area (Å²) in [6.07, 6.45) is 0. The van der Waals surface area contributed by atoms with E-state index >= 15 is 0 Å². The van der Waals surface area contributed by atoms with Gasteiger partial charge in [0.2, 0.25) is 0 Å². The minimum atomic E-state index is -0.0731. The fraction of sp³-hybridized carbons (Fsp3) is 0.278. The van der Waals surface area contributed by atoms with Crippen LogP contribution < -0.4 is 15.4 Å². The van der Waals surface area contributed by atoms with Crippen LogP contribution in [0.3, 0.4) is 0 Å². The standard InChI is InChI=1S/C18H21ClN2O2/c1-3-23-17-11-7-6-10-16(17)21-18(22)12-20-13(2)14-8-4-5-9-15(14)19/h4-11,13,20H,3,12H2,1-2H3,(H,21,22)/p+1/t13-/m1/s1. The molecule has 5 heteroatoms. The lowest BCUT2D eigenvalue weighted by atomic mass is 10.1. The molecule has 0 radical (unpaired) electrons. The highest BCUT2D eigenvalue weighted by molar-refractivity contribution is 6.31. The van der Waals surface area contributed by atoms with Gasteiger partial charge in [-0.3, -0.25) is 4.79 Å². The fourth-order valence-electron chi connectivity index (χ4n) is 2.31. The minimum Gasteiger partial charge on any atom is -0.492 e. The molecule has 0 aromatic heterocycles. The van der Waals surface area contributed by atoms with Crippen LogP contribution in [0.4, 0.5) is 5.69 Å². The summed E-state index contributed by atoms with van der Waals surface area (Å²) in [5.41, 5.74) is 1.72. The molecule has 0 bridgehead atoms. The summed E-state index contributed by atoms with van der Waals surface area (Å²) in [7, 11) is 0. The molecule has 1 atom stereocenters. The van der Waals surface area contributed by atoms with Gasteiger partial charge in [0.1, 0.15) is 11.8 Å². The van der Waals surface area contributed by atoms with Gasteiger partial charge in [0, 0.05) is 10.6 Å². The zero-order chi connectivity index (χ0) is 16.7. The van der Waals surface area contributed by atoms with E-state index in [4.69, 9.17) is 16.3 Å². The topological polar surface area (TPSA) is 54.9 Å². The number of hydrogen-bond donors (Lipinski definition) is 2. The van der Waals surface area contributed by atoms with Crippen molar-refractivity contribution in [3.8, 4) is 5.75 Å². The molecule has 0 aliphatic heterocycles. The molecule has 0 unspecified atom stereocenters. The number of nitrogens with one attached hydrogen (secondary N) is 1. The molecule has 2 rings (SSSR count). The number of halogens is 1. The maximum Gasteiger partial charge on any atom is 0.279 e. The molecular formula is C18H22ClN2O2+. The van der Waals surface area contributed by atoms with E-state index in [-0.39, 0.29) is 11.9 Å². The third kappa shape index (κ3) is 4.98. The third-order valence-electron chi connectivity index (χ3n) is 3.51. The van der Waals surface area contributed by atoms with Gasteiger partial charge in [0.25, 0.3) is 5.91 Å². The highest BCUT2D eigenvalue weighted by Gasteiger charge is 2.15. The van der Waals surface area contributed by atoms with Crippen molar-refractivity contribution in [2.75, 3.05) is 18.5 Å². The number of nitrogens with two attached hydrogens (primary N) is 1. The second-order valence-electron chi connectivity index (χ2n) is 5.23. The highest BCUT2D eigenvalue weighted by atomic mass is 35.5. The summed E-state index contributed by atoms with van der Waals surface area (Å²) >= 11 is 6.18. The summed E-state index contributed by atoms with van der Waals surface area (Å²) in [5, 5.41) is 5.57. The van der Waals surface area contributed by atoms with Gasteiger partial charge in [-0.15, -0.1) is 0 Å². The van der Waals surface area contributed by atoms with Crippen molar-refractivity contribution in [2.24, 2.45) is 0 Å². The Bertz CT molecular complexity index is 661. The van der Waals surface area contributed by atoms with Gasteiger partial charge in [-0.2, -0.15) is 0 Å². The van der Waals surface area contributed by atoms with Crippen molar-refractivity contribution in [3.63, 3.8) is 0 Å². The van der Waals surface area contributed by atoms with Crippen LogP contribution in [0.25, 0.3) is 0 Å². The Morgan fingerprint density at radius 3 is 2.65 bits per heavy atom. The largest absolute Gasteiger partial charge is 0.492 e. The van der Waals surface area contributed by atoms with E-state index in [9.17, 15) is 4.79 Å². The average molecular weight is 334 g/mol. The molecule has 0 fully saturated rings. The molecule has 2 aromatic rings. The molecule has 1 amide bonds. The van der Waals surface area contributed by atoms with Gasteiger partial charge in [-0.25, -0.2) is 0 Å². The summed E-state index contributed by atoms with van der Waals surface area (Å²) in [4.78, 5) is 12.2. The van der Waals surface area contributed by atoms with Crippen LogP contribution in [0, 0.1) is 0 Å². The monoisotopic (exact) mass is 333 g/mol. The van der Waals surface area contributed by atoms with E-state index in [0.717, 1.165) is 10.6 Å². The van der Waals surface area contributed by atoms with Crippen LogP contribution in [0.1, 0.15) is 25.5 Å². The first kappa shape index (κ1) is 17.3.